The van der Waals surface area contributed by atoms with Crippen molar-refractivity contribution in [2.45, 2.75) is 26.4 Å². The summed E-state index contributed by atoms with van der Waals surface area (Å²) in [6.45, 7) is 4.35. The zero-order chi connectivity index (χ0) is 27.1. The molecule has 196 valence electrons. The van der Waals surface area contributed by atoms with E-state index >= 15 is 0 Å². The highest BCUT2D eigenvalue weighted by atomic mass is 32.1. The summed E-state index contributed by atoms with van der Waals surface area (Å²) in [6.07, 6.45) is 3.90. The van der Waals surface area contributed by atoms with E-state index in [1.54, 1.807) is 30.5 Å². The molecule has 1 atom stereocenters. The number of aromatic nitrogens is 2. The fourth-order valence-corrected chi connectivity index (χ4v) is 6.82. The van der Waals surface area contributed by atoms with Gasteiger partial charge in [-0.05, 0) is 55.1 Å². The van der Waals surface area contributed by atoms with Gasteiger partial charge >= 0.3 is 5.97 Å². The lowest BCUT2D eigenvalue weighted by Crippen LogP contribution is -2.39. The highest BCUT2D eigenvalue weighted by Gasteiger charge is 2.33. The number of allylic oxidation sites excluding steroid dienone is 1. The number of esters is 1. The van der Waals surface area contributed by atoms with Gasteiger partial charge in [0.15, 0.2) is 4.80 Å². The Balaban J connectivity index is 1.50. The molecule has 0 radical (unpaired) electrons. The largest absolute Gasteiger partial charge is 0.463 e. The van der Waals surface area contributed by atoms with Crippen molar-refractivity contribution in [2.24, 2.45) is 4.99 Å². The molecular formula is C30H24FN3O3S2. The molecule has 5 aromatic rings. The van der Waals surface area contributed by atoms with Crippen LogP contribution in [0, 0.1) is 5.82 Å². The van der Waals surface area contributed by atoms with Crippen LogP contribution in [0.5, 0.6) is 0 Å². The molecule has 39 heavy (non-hydrogen) atoms. The molecule has 3 aromatic heterocycles. The summed E-state index contributed by atoms with van der Waals surface area (Å²) in [4.78, 5) is 32.9. The highest BCUT2D eigenvalue weighted by molar-refractivity contribution is 7.10. The van der Waals surface area contributed by atoms with Crippen LogP contribution < -0.4 is 14.9 Å². The maximum absolute atomic E-state index is 13.9. The third-order valence-electron chi connectivity index (χ3n) is 6.70. The Kier molecular flexibility index (Phi) is 6.62. The van der Waals surface area contributed by atoms with Crippen molar-refractivity contribution in [1.29, 1.82) is 0 Å². The first-order valence-electron chi connectivity index (χ1n) is 12.5. The molecule has 0 amide bonds. The topological polar surface area (TPSA) is 65.6 Å². The minimum absolute atomic E-state index is 0.207. The molecule has 1 aliphatic rings. The number of hydrogen-bond donors (Lipinski definition) is 0. The van der Waals surface area contributed by atoms with E-state index in [9.17, 15) is 14.0 Å². The number of nitrogens with zero attached hydrogens (tertiary/aromatic N) is 3. The zero-order valence-electron chi connectivity index (χ0n) is 21.3. The molecule has 0 spiro atoms. The first kappa shape index (κ1) is 25.2. The van der Waals surface area contributed by atoms with E-state index in [1.807, 2.05) is 54.1 Å². The molecule has 1 aliphatic heterocycles. The van der Waals surface area contributed by atoms with E-state index in [0.717, 1.165) is 26.9 Å². The van der Waals surface area contributed by atoms with Crippen LogP contribution in [0.3, 0.4) is 0 Å². The number of thiazole rings is 1. The van der Waals surface area contributed by atoms with Crippen molar-refractivity contribution < 1.29 is 13.9 Å². The quantitative estimate of drug-likeness (QED) is 0.276. The van der Waals surface area contributed by atoms with Crippen LogP contribution in [-0.4, -0.2) is 21.7 Å². The molecule has 0 saturated heterocycles. The van der Waals surface area contributed by atoms with Gasteiger partial charge in [-0.25, -0.2) is 14.2 Å². The summed E-state index contributed by atoms with van der Waals surface area (Å²) in [5, 5.41) is 2.93. The minimum atomic E-state index is -0.595. The number of fused-ring (bicyclic) bond motifs is 2. The highest BCUT2D eigenvalue weighted by Crippen LogP contribution is 2.33. The smallest absolute Gasteiger partial charge is 0.338 e. The minimum Gasteiger partial charge on any atom is -0.463 e. The van der Waals surface area contributed by atoms with E-state index < -0.39 is 12.0 Å². The van der Waals surface area contributed by atoms with E-state index in [0.29, 0.717) is 27.1 Å². The van der Waals surface area contributed by atoms with E-state index in [1.165, 1.54) is 34.8 Å². The summed E-state index contributed by atoms with van der Waals surface area (Å²) >= 11 is 2.80. The van der Waals surface area contributed by atoms with Crippen LogP contribution >= 0.6 is 22.7 Å². The summed E-state index contributed by atoms with van der Waals surface area (Å²) in [5.41, 5.74) is 3.61. The molecule has 0 aliphatic carbocycles. The standard InChI is InChI=1S/C30H24FN3O3S2/c1-3-37-29(36)26-18(2)32-30-34(27(26)24-9-6-14-38-24)28(35)25(39-30)15-20-17-33(23-8-5-4-7-22(20)23)16-19-10-12-21(31)13-11-19/h4-15,17,27H,3,16H2,1-2H3/b25-15+/t27-/m0/s1. The fraction of sp³-hybridized carbons (Fsp3) is 0.167. The van der Waals surface area contributed by atoms with Crippen LogP contribution in [0.2, 0.25) is 0 Å². The van der Waals surface area contributed by atoms with Crippen molar-refractivity contribution in [3.05, 3.63) is 125 Å². The van der Waals surface area contributed by atoms with Crippen molar-refractivity contribution in [1.82, 2.24) is 9.13 Å². The van der Waals surface area contributed by atoms with Crippen LogP contribution in [0.25, 0.3) is 17.0 Å². The second-order valence-electron chi connectivity index (χ2n) is 9.17. The Hall–Kier alpha value is -4.08. The van der Waals surface area contributed by atoms with Gasteiger partial charge in [-0.15, -0.1) is 11.3 Å². The third kappa shape index (κ3) is 4.57. The van der Waals surface area contributed by atoms with Gasteiger partial charge in [0, 0.05) is 34.1 Å². The second kappa shape index (κ2) is 10.2. The number of thiophene rings is 1. The SMILES string of the molecule is CCOC(=O)C1=C(C)N=c2s/c(=C/c3cn(Cc4ccc(F)cc4)c4ccccc34)c(=O)n2[C@H]1c1cccs1. The predicted octanol–water partition coefficient (Wildman–Crippen LogP) is 5.00. The number of rotatable bonds is 6. The number of hydrogen-bond acceptors (Lipinski definition) is 6. The third-order valence-corrected chi connectivity index (χ3v) is 8.61. The Bertz CT molecular complexity index is 1910. The lowest BCUT2D eigenvalue weighted by molar-refractivity contribution is -0.139. The van der Waals surface area contributed by atoms with Gasteiger partial charge in [-0.3, -0.25) is 9.36 Å². The molecule has 9 heteroatoms. The van der Waals surface area contributed by atoms with Crippen LogP contribution in [0.15, 0.2) is 93.3 Å². The van der Waals surface area contributed by atoms with E-state index in [-0.39, 0.29) is 18.0 Å². The van der Waals surface area contributed by atoms with Gasteiger partial charge in [-0.2, -0.15) is 0 Å². The molecular weight excluding hydrogens is 533 g/mol. The molecule has 4 heterocycles. The summed E-state index contributed by atoms with van der Waals surface area (Å²) < 4.78 is 23.0. The van der Waals surface area contributed by atoms with Crippen molar-refractivity contribution in [2.75, 3.05) is 6.61 Å². The molecule has 0 fully saturated rings. The monoisotopic (exact) mass is 557 g/mol. The lowest BCUT2D eigenvalue weighted by Gasteiger charge is -2.23. The first-order valence-corrected chi connectivity index (χ1v) is 14.2. The van der Waals surface area contributed by atoms with Crippen LogP contribution in [-0.2, 0) is 16.1 Å². The summed E-state index contributed by atoms with van der Waals surface area (Å²) in [5.74, 6) is -0.732. The Morgan fingerprint density at radius 3 is 2.67 bits per heavy atom. The summed E-state index contributed by atoms with van der Waals surface area (Å²) in [7, 11) is 0. The molecule has 0 N–H and O–H groups in total. The number of carbonyl (C=O) groups is 1. The average molecular weight is 558 g/mol. The van der Waals surface area contributed by atoms with Crippen molar-refractivity contribution in [3.8, 4) is 0 Å². The maximum atomic E-state index is 13.9. The number of para-hydroxylation sites is 1. The van der Waals surface area contributed by atoms with Crippen molar-refractivity contribution in [3.63, 3.8) is 0 Å². The molecule has 6 nitrogen and oxygen atoms in total. The van der Waals surface area contributed by atoms with Gasteiger partial charge < -0.3 is 9.30 Å². The van der Waals surface area contributed by atoms with Gasteiger partial charge in [-0.1, -0.05) is 47.7 Å². The van der Waals surface area contributed by atoms with Crippen LogP contribution in [0.1, 0.15) is 35.9 Å². The number of halogens is 1. The average Bonchev–Trinajstić information content (AvgIpc) is 3.65. The molecule has 2 aromatic carbocycles. The van der Waals surface area contributed by atoms with Gasteiger partial charge in [0.25, 0.3) is 5.56 Å². The first-order chi connectivity index (χ1) is 18.9. The van der Waals surface area contributed by atoms with Gasteiger partial charge in [0.2, 0.25) is 0 Å². The van der Waals surface area contributed by atoms with E-state index in [2.05, 4.69) is 9.56 Å². The Labute approximate surface area is 231 Å². The van der Waals surface area contributed by atoms with Crippen LogP contribution in [0.4, 0.5) is 4.39 Å². The predicted molar refractivity (Wildman–Crippen MR) is 152 cm³/mol. The number of carbonyl (C=O) groups excluding carboxylic acids is 1. The Morgan fingerprint density at radius 2 is 1.92 bits per heavy atom. The maximum Gasteiger partial charge on any atom is 0.338 e. The lowest BCUT2D eigenvalue weighted by atomic mass is 10.0. The van der Waals surface area contributed by atoms with Gasteiger partial charge in [0.05, 0.1) is 22.4 Å². The van der Waals surface area contributed by atoms with E-state index in [4.69, 9.17) is 4.74 Å². The number of ether oxygens (including phenoxy) is 1. The van der Waals surface area contributed by atoms with Crippen molar-refractivity contribution >= 4 is 45.6 Å². The normalized spacial score (nSPS) is 15.5. The molecule has 0 saturated carbocycles. The Morgan fingerprint density at radius 1 is 1.13 bits per heavy atom. The second-order valence-corrected chi connectivity index (χ2v) is 11.2. The molecule has 0 unspecified atom stereocenters. The number of benzene rings is 2. The zero-order valence-corrected chi connectivity index (χ0v) is 22.9. The molecule has 6 rings (SSSR count). The summed E-state index contributed by atoms with van der Waals surface area (Å²) in [6, 6.07) is 17.7. The molecule has 0 bridgehead atoms. The van der Waals surface area contributed by atoms with Gasteiger partial charge in [0.1, 0.15) is 11.9 Å². The fourth-order valence-electron chi connectivity index (χ4n) is 4.96.